The molecule has 0 fully saturated rings. The van der Waals surface area contributed by atoms with E-state index in [1.54, 1.807) is 0 Å². The van der Waals surface area contributed by atoms with Crippen molar-refractivity contribution in [3.8, 4) is 0 Å². The molecule has 20 heavy (non-hydrogen) atoms. The first-order valence-electron chi connectivity index (χ1n) is 5.91. The van der Waals surface area contributed by atoms with Crippen LogP contribution in [0.15, 0.2) is 36.7 Å². The molecule has 0 spiro atoms. The number of aromatic nitrogens is 2. The van der Waals surface area contributed by atoms with Gasteiger partial charge in [-0.2, -0.15) is 0 Å². The van der Waals surface area contributed by atoms with Gasteiger partial charge in [-0.25, -0.2) is 15.8 Å². The highest BCUT2D eigenvalue weighted by Gasteiger charge is 2.23. The number of nitrogens with two attached hydrogens (primary N) is 1. The predicted octanol–water partition coefficient (Wildman–Crippen LogP) is 1.84. The zero-order valence-corrected chi connectivity index (χ0v) is 10.8. The van der Waals surface area contributed by atoms with Crippen LogP contribution in [0, 0.1) is 10.1 Å². The van der Waals surface area contributed by atoms with Gasteiger partial charge in [0.15, 0.2) is 0 Å². The lowest BCUT2D eigenvalue weighted by Crippen LogP contribution is -2.15. The summed E-state index contributed by atoms with van der Waals surface area (Å²) in [4.78, 5) is 18.2. The Balaban J connectivity index is 2.32. The van der Waals surface area contributed by atoms with Gasteiger partial charge in [-0.3, -0.25) is 10.1 Å². The summed E-state index contributed by atoms with van der Waals surface area (Å²) in [7, 11) is 0. The lowest BCUT2D eigenvalue weighted by atomic mass is 10.1. The molecule has 0 aliphatic rings. The van der Waals surface area contributed by atoms with E-state index in [1.807, 2.05) is 37.3 Å². The summed E-state index contributed by atoms with van der Waals surface area (Å²) in [6, 6.07) is 9.40. The third-order valence-electron chi connectivity index (χ3n) is 2.79. The summed E-state index contributed by atoms with van der Waals surface area (Å²) in [5.74, 6) is 5.31. The lowest BCUT2D eigenvalue weighted by molar-refractivity contribution is -0.383. The Kier molecular flexibility index (Phi) is 4.06. The van der Waals surface area contributed by atoms with Gasteiger partial charge in [0.05, 0.1) is 11.0 Å². The molecule has 1 unspecified atom stereocenters. The molecule has 0 bridgehead atoms. The highest BCUT2D eigenvalue weighted by Crippen LogP contribution is 2.30. The van der Waals surface area contributed by atoms with Gasteiger partial charge in [-0.1, -0.05) is 30.3 Å². The Hall–Kier alpha value is -2.74. The normalized spacial score (nSPS) is 11.7. The van der Waals surface area contributed by atoms with Gasteiger partial charge in [0, 0.05) is 0 Å². The molecule has 4 N–H and O–H groups in total. The number of rotatable bonds is 5. The average Bonchev–Trinajstić information content (AvgIpc) is 2.47. The summed E-state index contributed by atoms with van der Waals surface area (Å²) in [5.41, 5.74) is 2.91. The number of nitro groups is 1. The van der Waals surface area contributed by atoms with Crippen LogP contribution in [0.3, 0.4) is 0 Å². The first kappa shape index (κ1) is 13.7. The fraction of sp³-hybridized carbons (Fsp3) is 0.167. The smallest absolute Gasteiger partial charge is 0.354 e. The molecule has 0 radical (unpaired) electrons. The molecular weight excluding hydrogens is 260 g/mol. The molecule has 8 nitrogen and oxygen atoms in total. The predicted molar refractivity (Wildman–Crippen MR) is 75.0 cm³/mol. The van der Waals surface area contributed by atoms with Crippen molar-refractivity contribution in [1.29, 1.82) is 0 Å². The molecule has 0 saturated carbocycles. The van der Waals surface area contributed by atoms with Crippen LogP contribution in [0.25, 0.3) is 0 Å². The maximum absolute atomic E-state index is 11.1. The van der Waals surface area contributed by atoms with Crippen LogP contribution in [0.2, 0.25) is 0 Å². The minimum Gasteiger partial charge on any atom is -0.358 e. The molecule has 1 heterocycles. The molecule has 1 aromatic heterocycles. The number of hydrogen-bond donors (Lipinski definition) is 3. The number of nitrogens with one attached hydrogen (secondary N) is 2. The fourth-order valence-corrected chi connectivity index (χ4v) is 1.79. The van der Waals surface area contributed by atoms with Crippen LogP contribution < -0.4 is 16.6 Å². The summed E-state index contributed by atoms with van der Waals surface area (Å²) in [6.07, 6.45) is 1.21. The van der Waals surface area contributed by atoms with Crippen molar-refractivity contribution in [2.75, 3.05) is 10.7 Å². The second kappa shape index (κ2) is 5.93. The van der Waals surface area contributed by atoms with Gasteiger partial charge in [-0.15, -0.1) is 0 Å². The topological polar surface area (TPSA) is 119 Å². The highest BCUT2D eigenvalue weighted by atomic mass is 16.6. The monoisotopic (exact) mass is 274 g/mol. The molecule has 2 rings (SSSR count). The minimum absolute atomic E-state index is 0.0345. The summed E-state index contributed by atoms with van der Waals surface area (Å²) >= 11 is 0. The Bertz CT molecular complexity index is 604. The van der Waals surface area contributed by atoms with E-state index in [1.165, 1.54) is 6.33 Å². The average molecular weight is 274 g/mol. The summed E-state index contributed by atoms with van der Waals surface area (Å²) < 4.78 is 0. The third-order valence-corrected chi connectivity index (χ3v) is 2.79. The third kappa shape index (κ3) is 2.81. The Labute approximate surface area is 115 Å². The zero-order chi connectivity index (χ0) is 14.5. The van der Waals surface area contributed by atoms with Crippen LogP contribution in [0.5, 0.6) is 0 Å². The molecule has 2 aromatic rings. The molecule has 1 atom stereocenters. The van der Waals surface area contributed by atoms with Crippen LogP contribution in [-0.2, 0) is 0 Å². The van der Waals surface area contributed by atoms with Gasteiger partial charge in [0.1, 0.15) is 6.33 Å². The van der Waals surface area contributed by atoms with E-state index in [-0.39, 0.29) is 23.4 Å². The summed E-state index contributed by atoms with van der Waals surface area (Å²) in [5, 5.41) is 14.1. The van der Waals surface area contributed by atoms with Gasteiger partial charge >= 0.3 is 5.69 Å². The number of hydrogen-bond acceptors (Lipinski definition) is 7. The minimum atomic E-state index is -0.574. The van der Waals surface area contributed by atoms with Crippen molar-refractivity contribution in [3.63, 3.8) is 0 Å². The van der Waals surface area contributed by atoms with E-state index in [0.29, 0.717) is 0 Å². The molecule has 0 aliphatic heterocycles. The Morgan fingerprint density at radius 2 is 1.90 bits per heavy atom. The highest BCUT2D eigenvalue weighted by molar-refractivity contribution is 5.69. The standard InChI is InChI=1S/C12H14N6O2/c1-8(9-5-3-2-4-6-9)16-11-10(18(19)20)12(17-13)15-7-14-11/h2-8H,13H2,1H3,(H2,14,15,16,17). The van der Waals surface area contributed by atoms with Crippen LogP contribution in [0.1, 0.15) is 18.5 Å². The van der Waals surface area contributed by atoms with Crippen molar-refractivity contribution in [3.05, 3.63) is 52.3 Å². The second-order valence-electron chi connectivity index (χ2n) is 4.10. The number of nitrogens with zero attached hydrogens (tertiary/aromatic N) is 3. The van der Waals surface area contributed by atoms with Crippen molar-refractivity contribution in [1.82, 2.24) is 9.97 Å². The molecule has 1 aromatic carbocycles. The van der Waals surface area contributed by atoms with E-state index in [9.17, 15) is 10.1 Å². The van der Waals surface area contributed by atoms with Gasteiger partial charge in [-0.05, 0) is 12.5 Å². The molecule has 0 saturated heterocycles. The molecule has 8 heteroatoms. The molecule has 0 aliphatic carbocycles. The lowest BCUT2D eigenvalue weighted by Gasteiger charge is -2.15. The molecular formula is C12H14N6O2. The van der Waals surface area contributed by atoms with E-state index in [2.05, 4.69) is 20.7 Å². The van der Waals surface area contributed by atoms with Gasteiger partial charge in [0.25, 0.3) is 0 Å². The fourth-order valence-electron chi connectivity index (χ4n) is 1.79. The number of nitrogen functional groups attached to an aromatic ring is 1. The van der Waals surface area contributed by atoms with Crippen molar-refractivity contribution in [2.45, 2.75) is 13.0 Å². The Morgan fingerprint density at radius 3 is 2.50 bits per heavy atom. The first-order valence-corrected chi connectivity index (χ1v) is 5.91. The molecule has 0 amide bonds. The number of benzene rings is 1. The van der Waals surface area contributed by atoms with Crippen LogP contribution in [-0.4, -0.2) is 14.9 Å². The number of hydrazine groups is 1. The quantitative estimate of drug-likeness (QED) is 0.432. The largest absolute Gasteiger partial charge is 0.358 e. The maximum atomic E-state index is 11.1. The first-order chi connectivity index (χ1) is 9.63. The van der Waals surface area contributed by atoms with Gasteiger partial charge < -0.3 is 10.7 Å². The van der Waals surface area contributed by atoms with Crippen LogP contribution in [0.4, 0.5) is 17.3 Å². The van der Waals surface area contributed by atoms with Gasteiger partial charge in [0.2, 0.25) is 11.6 Å². The molecule has 104 valence electrons. The maximum Gasteiger partial charge on any atom is 0.354 e. The summed E-state index contributed by atoms with van der Waals surface area (Å²) in [6.45, 7) is 1.89. The van der Waals surface area contributed by atoms with Crippen molar-refractivity contribution in [2.24, 2.45) is 5.84 Å². The van der Waals surface area contributed by atoms with E-state index in [4.69, 9.17) is 5.84 Å². The number of anilines is 2. The van der Waals surface area contributed by atoms with E-state index >= 15 is 0 Å². The van der Waals surface area contributed by atoms with Crippen LogP contribution >= 0.6 is 0 Å². The second-order valence-corrected chi connectivity index (χ2v) is 4.10. The van der Waals surface area contributed by atoms with Crippen molar-refractivity contribution < 1.29 is 4.92 Å². The van der Waals surface area contributed by atoms with E-state index in [0.717, 1.165) is 5.56 Å². The Morgan fingerprint density at radius 1 is 1.25 bits per heavy atom. The van der Waals surface area contributed by atoms with E-state index < -0.39 is 4.92 Å². The van der Waals surface area contributed by atoms with Crippen molar-refractivity contribution >= 4 is 17.3 Å². The zero-order valence-electron chi connectivity index (χ0n) is 10.8. The SMILES string of the molecule is CC(Nc1ncnc(NN)c1[N+](=O)[O-])c1ccccc1.